The molecule has 1 fully saturated rings. The topological polar surface area (TPSA) is 72.9 Å². The van der Waals surface area contributed by atoms with E-state index in [-0.39, 0.29) is 12.5 Å². The fraction of sp³-hybridized carbons (Fsp3) is 0.909. The van der Waals surface area contributed by atoms with Gasteiger partial charge in [-0.25, -0.2) is 4.79 Å². The first-order valence-corrected chi connectivity index (χ1v) is 7.75. The zero-order chi connectivity index (χ0) is 14.0. The van der Waals surface area contributed by atoms with Gasteiger partial charge in [0, 0.05) is 6.54 Å². The van der Waals surface area contributed by atoms with Crippen LogP contribution in [0.2, 0.25) is 0 Å². The van der Waals surface area contributed by atoms with Crippen LogP contribution in [0.1, 0.15) is 33.6 Å². The van der Waals surface area contributed by atoms with Crippen molar-refractivity contribution in [2.45, 2.75) is 39.7 Å². The molecule has 0 spiro atoms. The number of carbonyl (C=O) groups excluding carboxylic acids is 1. The second kappa shape index (κ2) is 5.54. The van der Waals surface area contributed by atoms with E-state index < -0.39 is 21.6 Å². The van der Waals surface area contributed by atoms with Crippen LogP contribution in [0.3, 0.4) is 0 Å². The molecule has 0 aromatic heterocycles. The van der Waals surface area contributed by atoms with Crippen LogP contribution in [-0.2, 0) is 23.9 Å². The van der Waals surface area contributed by atoms with Crippen LogP contribution < -0.4 is 0 Å². The van der Waals surface area contributed by atoms with Gasteiger partial charge in [0.15, 0.2) is 0 Å². The molecular weight excluding hydrogens is 258 g/mol. The van der Waals surface area contributed by atoms with E-state index in [4.69, 9.17) is 9.02 Å². The molecule has 0 amide bonds. The lowest BCUT2D eigenvalue weighted by Crippen LogP contribution is -2.43. The second-order valence-electron chi connectivity index (χ2n) is 5.58. The monoisotopic (exact) mass is 279 g/mol. The first-order valence-electron chi connectivity index (χ1n) is 5.93. The first kappa shape index (κ1) is 15.4. The molecule has 1 aliphatic rings. The molecule has 1 heterocycles. The minimum absolute atomic E-state index is 0.287. The summed E-state index contributed by atoms with van der Waals surface area (Å²) >= 11 is 0. The summed E-state index contributed by atoms with van der Waals surface area (Å²) in [5.74, 6) is -0.331. The van der Waals surface area contributed by atoms with Crippen molar-refractivity contribution < 1.29 is 22.2 Å². The predicted octanol–water partition coefficient (Wildman–Crippen LogP) is 0.931. The quantitative estimate of drug-likeness (QED) is 0.716. The van der Waals surface area contributed by atoms with Gasteiger partial charge in [0.2, 0.25) is 0 Å². The summed E-state index contributed by atoms with van der Waals surface area (Å²) in [7, 11) is -3.47. The average molecular weight is 279 g/mol. The summed E-state index contributed by atoms with van der Waals surface area (Å²) in [6, 6.07) is 0. The van der Waals surface area contributed by atoms with Gasteiger partial charge >= 0.3 is 5.97 Å². The smallest absolute Gasteiger partial charge is 0.330 e. The molecule has 0 aliphatic carbocycles. The normalized spacial score (nSPS) is 22.8. The van der Waals surface area contributed by atoms with E-state index in [1.807, 2.05) is 0 Å². The molecular formula is C11H21NO5S. The standard InChI is InChI=1S/C11H21NO5S/c1-11(2,3)10(13)16-12-7-5-6-9(8-12)17-18(4,14)15/h9H,5-8H2,1-4H3. The Balaban J connectivity index is 2.52. The van der Waals surface area contributed by atoms with E-state index in [2.05, 4.69) is 0 Å². The van der Waals surface area contributed by atoms with Crippen molar-refractivity contribution in [3.63, 3.8) is 0 Å². The van der Waals surface area contributed by atoms with Crippen molar-refractivity contribution in [1.29, 1.82) is 0 Å². The van der Waals surface area contributed by atoms with Crippen LogP contribution in [0.5, 0.6) is 0 Å². The van der Waals surface area contributed by atoms with Crippen molar-refractivity contribution in [3.8, 4) is 0 Å². The van der Waals surface area contributed by atoms with Crippen LogP contribution in [0.4, 0.5) is 0 Å². The highest BCUT2D eigenvalue weighted by atomic mass is 32.2. The number of nitrogens with zero attached hydrogens (tertiary/aromatic N) is 1. The minimum atomic E-state index is -3.47. The summed E-state index contributed by atoms with van der Waals surface area (Å²) in [5.41, 5.74) is -0.579. The van der Waals surface area contributed by atoms with Crippen molar-refractivity contribution in [2.75, 3.05) is 19.3 Å². The Morgan fingerprint density at radius 3 is 2.44 bits per heavy atom. The Bertz CT molecular complexity index is 398. The lowest BCUT2D eigenvalue weighted by atomic mass is 9.98. The van der Waals surface area contributed by atoms with E-state index in [9.17, 15) is 13.2 Å². The van der Waals surface area contributed by atoms with E-state index in [1.165, 1.54) is 5.06 Å². The maximum atomic E-state index is 11.7. The maximum Gasteiger partial charge on any atom is 0.330 e. The molecule has 1 saturated heterocycles. The molecule has 7 heteroatoms. The maximum absolute atomic E-state index is 11.7. The van der Waals surface area contributed by atoms with Gasteiger partial charge in [-0.05, 0) is 33.6 Å². The molecule has 1 rings (SSSR count). The van der Waals surface area contributed by atoms with E-state index in [1.54, 1.807) is 20.8 Å². The van der Waals surface area contributed by atoms with Crippen LogP contribution in [-0.4, -0.2) is 44.9 Å². The Hall–Kier alpha value is -0.660. The van der Waals surface area contributed by atoms with Gasteiger partial charge in [-0.2, -0.15) is 8.42 Å². The molecule has 0 radical (unpaired) electrons. The molecule has 6 nitrogen and oxygen atoms in total. The Labute approximate surface area is 108 Å². The summed E-state index contributed by atoms with van der Waals surface area (Å²) in [5, 5.41) is 1.48. The molecule has 1 aliphatic heterocycles. The Morgan fingerprint density at radius 1 is 1.33 bits per heavy atom. The highest BCUT2D eigenvalue weighted by Gasteiger charge is 2.30. The van der Waals surface area contributed by atoms with Gasteiger partial charge in [-0.15, -0.1) is 5.06 Å². The summed E-state index contributed by atoms with van der Waals surface area (Å²) in [4.78, 5) is 16.9. The Morgan fingerprint density at radius 2 is 1.94 bits per heavy atom. The average Bonchev–Trinajstić information content (AvgIpc) is 2.13. The highest BCUT2D eigenvalue weighted by molar-refractivity contribution is 7.86. The van der Waals surface area contributed by atoms with E-state index >= 15 is 0 Å². The zero-order valence-electron chi connectivity index (χ0n) is 11.3. The van der Waals surface area contributed by atoms with E-state index in [0.29, 0.717) is 13.0 Å². The third-order valence-corrected chi connectivity index (χ3v) is 3.10. The van der Waals surface area contributed by atoms with Crippen LogP contribution >= 0.6 is 0 Å². The molecule has 0 aromatic rings. The number of hydrogen-bond donors (Lipinski definition) is 0. The largest absolute Gasteiger partial charge is 0.367 e. The fourth-order valence-corrected chi connectivity index (χ4v) is 2.22. The number of hydroxylamine groups is 2. The molecule has 1 unspecified atom stereocenters. The van der Waals surface area contributed by atoms with Crippen molar-refractivity contribution in [3.05, 3.63) is 0 Å². The van der Waals surface area contributed by atoms with Gasteiger partial charge in [0.1, 0.15) is 0 Å². The van der Waals surface area contributed by atoms with Crippen LogP contribution in [0.25, 0.3) is 0 Å². The van der Waals surface area contributed by atoms with Crippen molar-refractivity contribution in [1.82, 2.24) is 5.06 Å². The summed E-state index contributed by atoms with van der Waals surface area (Å²) < 4.78 is 27.0. The lowest BCUT2D eigenvalue weighted by molar-refractivity contribution is -0.209. The van der Waals surface area contributed by atoms with Gasteiger partial charge < -0.3 is 4.84 Å². The highest BCUT2D eigenvalue weighted by Crippen LogP contribution is 2.20. The SMILES string of the molecule is CC(C)(C)C(=O)ON1CCCC(OS(C)(=O)=O)C1. The number of piperidine rings is 1. The predicted molar refractivity (Wildman–Crippen MR) is 66.1 cm³/mol. The van der Waals surface area contributed by atoms with Crippen molar-refractivity contribution >= 4 is 16.1 Å². The van der Waals surface area contributed by atoms with Crippen molar-refractivity contribution in [2.24, 2.45) is 5.41 Å². The van der Waals surface area contributed by atoms with Gasteiger partial charge in [-0.1, -0.05) is 0 Å². The van der Waals surface area contributed by atoms with Crippen LogP contribution in [0, 0.1) is 5.41 Å². The zero-order valence-corrected chi connectivity index (χ0v) is 12.1. The fourth-order valence-electron chi connectivity index (χ4n) is 1.57. The Kier molecular flexibility index (Phi) is 4.74. The van der Waals surface area contributed by atoms with Crippen LogP contribution in [0.15, 0.2) is 0 Å². The molecule has 0 aromatic carbocycles. The molecule has 0 bridgehead atoms. The molecule has 0 saturated carbocycles. The van der Waals surface area contributed by atoms with E-state index in [0.717, 1.165) is 12.7 Å². The number of hydrogen-bond acceptors (Lipinski definition) is 6. The molecule has 18 heavy (non-hydrogen) atoms. The second-order valence-corrected chi connectivity index (χ2v) is 7.18. The van der Waals surface area contributed by atoms with Gasteiger partial charge in [0.25, 0.3) is 10.1 Å². The van der Waals surface area contributed by atoms with Gasteiger partial charge in [0.05, 0.1) is 24.3 Å². The molecule has 1 atom stereocenters. The number of carbonyl (C=O) groups is 1. The minimum Gasteiger partial charge on any atom is -0.367 e. The first-order chi connectivity index (χ1) is 8.08. The summed E-state index contributed by atoms with van der Waals surface area (Å²) in [6.07, 6.45) is 1.96. The van der Waals surface area contributed by atoms with Gasteiger partial charge in [-0.3, -0.25) is 4.18 Å². The lowest BCUT2D eigenvalue weighted by Gasteiger charge is -2.32. The third-order valence-electron chi connectivity index (χ3n) is 2.48. The summed E-state index contributed by atoms with van der Waals surface area (Å²) in [6.45, 7) is 6.19. The molecule has 106 valence electrons. The molecule has 0 N–H and O–H groups in total. The number of rotatable bonds is 3. The third kappa shape index (κ3) is 5.32.